The standard InChI is InChI=1S/C12H12N2O2/c1-7-6-8(12(13)15)11-9(14-7)4-3-5-10(11)16-2/h3-6H,1-2H3,(H2,13,15). The number of aryl methyl sites for hydroxylation is 1. The number of amides is 1. The number of methoxy groups -OCH3 is 1. The second kappa shape index (κ2) is 3.81. The van der Waals surface area contributed by atoms with E-state index in [-0.39, 0.29) is 0 Å². The van der Waals surface area contributed by atoms with Crippen molar-refractivity contribution in [2.24, 2.45) is 5.73 Å². The molecule has 0 spiro atoms. The van der Waals surface area contributed by atoms with Crippen molar-refractivity contribution >= 4 is 16.8 Å². The maximum atomic E-state index is 11.4. The zero-order valence-electron chi connectivity index (χ0n) is 9.15. The van der Waals surface area contributed by atoms with Gasteiger partial charge < -0.3 is 10.5 Å². The first-order valence-electron chi connectivity index (χ1n) is 4.87. The number of nitrogens with two attached hydrogens (primary N) is 1. The molecule has 4 nitrogen and oxygen atoms in total. The number of fused-ring (bicyclic) bond motifs is 1. The highest BCUT2D eigenvalue weighted by Crippen LogP contribution is 2.27. The normalized spacial score (nSPS) is 10.4. The van der Waals surface area contributed by atoms with E-state index in [0.717, 1.165) is 5.69 Å². The minimum absolute atomic E-state index is 0.444. The lowest BCUT2D eigenvalue weighted by Crippen LogP contribution is -2.12. The largest absolute Gasteiger partial charge is 0.496 e. The van der Waals surface area contributed by atoms with Gasteiger partial charge in [-0.15, -0.1) is 0 Å². The SMILES string of the molecule is COc1cccc2nc(C)cc(C(N)=O)c12. The van der Waals surface area contributed by atoms with Crippen LogP contribution in [0.15, 0.2) is 24.3 Å². The Morgan fingerprint density at radius 1 is 1.44 bits per heavy atom. The van der Waals surface area contributed by atoms with E-state index in [4.69, 9.17) is 10.5 Å². The fourth-order valence-electron chi connectivity index (χ4n) is 1.75. The van der Waals surface area contributed by atoms with Gasteiger partial charge in [-0.05, 0) is 25.1 Å². The molecule has 1 heterocycles. The molecule has 0 radical (unpaired) electrons. The number of hydrogen-bond donors (Lipinski definition) is 1. The molecule has 0 unspecified atom stereocenters. The van der Waals surface area contributed by atoms with E-state index < -0.39 is 5.91 Å². The van der Waals surface area contributed by atoms with Crippen molar-refractivity contribution in [1.82, 2.24) is 4.98 Å². The number of carbonyl (C=O) groups is 1. The predicted octanol–water partition coefficient (Wildman–Crippen LogP) is 1.65. The van der Waals surface area contributed by atoms with E-state index in [9.17, 15) is 4.79 Å². The second-order valence-corrected chi connectivity index (χ2v) is 3.53. The van der Waals surface area contributed by atoms with Gasteiger partial charge in [-0.2, -0.15) is 0 Å². The zero-order chi connectivity index (χ0) is 11.7. The lowest BCUT2D eigenvalue weighted by molar-refractivity contribution is 0.100. The summed E-state index contributed by atoms with van der Waals surface area (Å²) in [5, 5.41) is 0.670. The quantitative estimate of drug-likeness (QED) is 0.830. The van der Waals surface area contributed by atoms with Crippen LogP contribution in [0.4, 0.5) is 0 Å². The number of aromatic nitrogens is 1. The third-order valence-electron chi connectivity index (χ3n) is 2.41. The molecule has 0 fully saturated rings. The van der Waals surface area contributed by atoms with Gasteiger partial charge in [0.15, 0.2) is 0 Å². The number of carbonyl (C=O) groups excluding carboxylic acids is 1. The van der Waals surface area contributed by atoms with E-state index in [1.54, 1.807) is 19.2 Å². The van der Waals surface area contributed by atoms with E-state index >= 15 is 0 Å². The smallest absolute Gasteiger partial charge is 0.249 e. The lowest BCUT2D eigenvalue weighted by Gasteiger charge is -2.08. The molecule has 0 aliphatic rings. The molecule has 1 aromatic carbocycles. The third-order valence-corrected chi connectivity index (χ3v) is 2.41. The summed E-state index contributed by atoms with van der Waals surface area (Å²) in [5.74, 6) is 0.138. The molecular weight excluding hydrogens is 204 g/mol. The van der Waals surface area contributed by atoms with Crippen LogP contribution in [0.2, 0.25) is 0 Å². The van der Waals surface area contributed by atoms with Gasteiger partial charge in [-0.3, -0.25) is 9.78 Å². The molecular formula is C12H12N2O2. The number of primary amides is 1. The molecule has 0 aliphatic heterocycles. The van der Waals surface area contributed by atoms with Crippen LogP contribution >= 0.6 is 0 Å². The summed E-state index contributed by atoms with van der Waals surface area (Å²) in [7, 11) is 1.55. The van der Waals surface area contributed by atoms with Crippen molar-refractivity contribution in [3.8, 4) is 5.75 Å². The van der Waals surface area contributed by atoms with Gasteiger partial charge in [0.05, 0.1) is 23.6 Å². The van der Waals surface area contributed by atoms with Gasteiger partial charge in [-0.1, -0.05) is 6.07 Å². The highest BCUT2D eigenvalue weighted by atomic mass is 16.5. The first kappa shape index (κ1) is 10.4. The van der Waals surface area contributed by atoms with Gasteiger partial charge in [0.1, 0.15) is 5.75 Å². The Balaban J connectivity index is 2.91. The van der Waals surface area contributed by atoms with Crippen LogP contribution in [0, 0.1) is 6.92 Å². The zero-order valence-corrected chi connectivity index (χ0v) is 9.15. The van der Waals surface area contributed by atoms with Crippen molar-refractivity contribution in [3.05, 3.63) is 35.5 Å². The molecule has 0 saturated heterocycles. The van der Waals surface area contributed by atoms with E-state index in [1.807, 2.05) is 19.1 Å². The van der Waals surface area contributed by atoms with Crippen LogP contribution in [-0.2, 0) is 0 Å². The Kier molecular flexibility index (Phi) is 2.48. The summed E-state index contributed by atoms with van der Waals surface area (Å²) in [6.07, 6.45) is 0. The molecule has 82 valence electrons. The van der Waals surface area contributed by atoms with Crippen LogP contribution < -0.4 is 10.5 Å². The van der Waals surface area contributed by atoms with E-state index in [0.29, 0.717) is 22.2 Å². The maximum absolute atomic E-state index is 11.4. The summed E-state index contributed by atoms with van der Waals surface area (Å²) in [4.78, 5) is 15.7. The van der Waals surface area contributed by atoms with Crippen LogP contribution in [0.3, 0.4) is 0 Å². The Morgan fingerprint density at radius 3 is 2.81 bits per heavy atom. The van der Waals surface area contributed by atoms with Crippen molar-refractivity contribution in [3.63, 3.8) is 0 Å². The highest BCUT2D eigenvalue weighted by molar-refractivity contribution is 6.07. The van der Waals surface area contributed by atoms with E-state index in [2.05, 4.69) is 4.98 Å². The van der Waals surface area contributed by atoms with Gasteiger partial charge in [0.2, 0.25) is 5.91 Å². The molecule has 0 bridgehead atoms. The summed E-state index contributed by atoms with van der Waals surface area (Å²) in [6, 6.07) is 7.12. The molecule has 1 amide bonds. The van der Waals surface area contributed by atoms with Crippen LogP contribution in [0.5, 0.6) is 5.75 Å². The minimum atomic E-state index is -0.472. The molecule has 2 N–H and O–H groups in total. The molecule has 2 aromatic rings. The second-order valence-electron chi connectivity index (χ2n) is 3.53. The van der Waals surface area contributed by atoms with Crippen LogP contribution in [0.1, 0.15) is 16.1 Å². The highest BCUT2D eigenvalue weighted by Gasteiger charge is 2.12. The Morgan fingerprint density at radius 2 is 2.19 bits per heavy atom. The predicted molar refractivity (Wildman–Crippen MR) is 61.5 cm³/mol. The summed E-state index contributed by atoms with van der Waals surface area (Å²) in [5.41, 5.74) is 7.27. The minimum Gasteiger partial charge on any atom is -0.496 e. The Hall–Kier alpha value is -2.10. The topological polar surface area (TPSA) is 65.2 Å². The lowest BCUT2D eigenvalue weighted by atomic mass is 10.1. The summed E-state index contributed by atoms with van der Waals surface area (Å²) >= 11 is 0. The molecule has 0 saturated carbocycles. The number of hydrogen-bond acceptors (Lipinski definition) is 3. The molecule has 2 rings (SSSR count). The fraction of sp³-hybridized carbons (Fsp3) is 0.167. The van der Waals surface area contributed by atoms with Gasteiger partial charge in [0, 0.05) is 5.69 Å². The summed E-state index contributed by atoms with van der Waals surface area (Å²) < 4.78 is 5.21. The number of pyridine rings is 1. The van der Waals surface area contributed by atoms with Crippen molar-refractivity contribution in [2.45, 2.75) is 6.92 Å². The molecule has 16 heavy (non-hydrogen) atoms. The average Bonchev–Trinajstić information content (AvgIpc) is 2.26. The third kappa shape index (κ3) is 1.58. The number of rotatable bonds is 2. The monoisotopic (exact) mass is 216 g/mol. The van der Waals surface area contributed by atoms with Gasteiger partial charge >= 0.3 is 0 Å². The first-order chi connectivity index (χ1) is 7.63. The van der Waals surface area contributed by atoms with E-state index in [1.165, 1.54) is 0 Å². The van der Waals surface area contributed by atoms with Crippen molar-refractivity contribution in [1.29, 1.82) is 0 Å². The Bertz CT molecular complexity index is 564. The van der Waals surface area contributed by atoms with Gasteiger partial charge in [0.25, 0.3) is 0 Å². The fourth-order valence-corrected chi connectivity index (χ4v) is 1.75. The van der Waals surface area contributed by atoms with Crippen LogP contribution in [0.25, 0.3) is 10.9 Å². The molecule has 0 atom stereocenters. The Labute approximate surface area is 93.0 Å². The summed E-state index contributed by atoms with van der Waals surface area (Å²) in [6.45, 7) is 1.82. The molecule has 0 aliphatic carbocycles. The number of nitrogens with zero attached hydrogens (tertiary/aromatic N) is 1. The van der Waals surface area contributed by atoms with Crippen molar-refractivity contribution in [2.75, 3.05) is 7.11 Å². The maximum Gasteiger partial charge on any atom is 0.249 e. The van der Waals surface area contributed by atoms with Crippen molar-refractivity contribution < 1.29 is 9.53 Å². The molecule has 4 heteroatoms. The number of ether oxygens (including phenoxy) is 1. The van der Waals surface area contributed by atoms with Gasteiger partial charge in [-0.25, -0.2) is 0 Å². The average molecular weight is 216 g/mol. The number of benzene rings is 1. The van der Waals surface area contributed by atoms with Crippen LogP contribution in [-0.4, -0.2) is 18.0 Å². The first-order valence-corrected chi connectivity index (χ1v) is 4.87. The molecule has 1 aromatic heterocycles.